The summed E-state index contributed by atoms with van der Waals surface area (Å²) < 4.78 is 1.87. The van der Waals surface area contributed by atoms with Gasteiger partial charge in [0.05, 0.1) is 5.69 Å². The van der Waals surface area contributed by atoms with Gasteiger partial charge in [-0.05, 0) is 24.1 Å². The molecule has 0 fully saturated rings. The van der Waals surface area contributed by atoms with Crippen molar-refractivity contribution in [1.82, 2.24) is 9.78 Å². The van der Waals surface area contributed by atoms with Crippen LogP contribution in [0.5, 0.6) is 0 Å². The van der Waals surface area contributed by atoms with Crippen LogP contribution >= 0.6 is 0 Å². The van der Waals surface area contributed by atoms with Crippen molar-refractivity contribution in [1.29, 1.82) is 0 Å². The Bertz CT molecular complexity index is 603. The fourth-order valence-electron chi connectivity index (χ4n) is 2.09. The van der Waals surface area contributed by atoms with Gasteiger partial charge in [0.25, 0.3) is 0 Å². The number of hydrogen-bond acceptors (Lipinski definition) is 2. The van der Waals surface area contributed by atoms with Crippen molar-refractivity contribution in [3.63, 3.8) is 0 Å². The molecule has 0 saturated carbocycles. The molecule has 1 heterocycles. The van der Waals surface area contributed by atoms with Gasteiger partial charge in [0.2, 0.25) is 0 Å². The molecule has 1 aromatic heterocycles. The lowest BCUT2D eigenvalue weighted by Crippen LogP contribution is -2.02. The normalized spacial score (nSPS) is 10.5. The molecule has 19 heavy (non-hydrogen) atoms. The highest BCUT2D eigenvalue weighted by molar-refractivity contribution is 5.50. The summed E-state index contributed by atoms with van der Waals surface area (Å²) in [7, 11) is 1.95. The van der Waals surface area contributed by atoms with Gasteiger partial charge in [-0.2, -0.15) is 5.10 Å². The SMILES string of the molecule is C#Cc1cccc(NCc2cn(C)nc2C(C)C)c1. The monoisotopic (exact) mass is 253 g/mol. The molecular formula is C16H19N3. The zero-order valence-corrected chi connectivity index (χ0v) is 11.6. The minimum Gasteiger partial charge on any atom is -0.381 e. The van der Waals surface area contributed by atoms with Gasteiger partial charge >= 0.3 is 0 Å². The van der Waals surface area contributed by atoms with E-state index in [0.717, 1.165) is 23.5 Å². The predicted octanol–water partition coefficient (Wildman–Crippen LogP) is 3.14. The van der Waals surface area contributed by atoms with Crippen LogP contribution in [0.25, 0.3) is 0 Å². The molecule has 0 spiro atoms. The average molecular weight is 253 g/mol. The number of nitrogens with zero attached hydrogens (tertiary/aromatic N) is 2. The fourth-order valence-corrected chi connectivity index (χ4v) is 2.09. The number of nitrogens with one attached hydrogen (secondary N) is 1. The molecule has 0 unspecified atom stereocenters. The van der Waals surface area contributed by atoms with E-state index >= 15 is 0 Å². The Labute approximate surface area is 114 Å². The highest BCUT2D eigenvalue weighted by atomic mass is 15.3. The van der Waals surface area contributed by atoms with E-state index in [4.69, 9.17) is 6.42 Å². The van der Waals surface area contributed by atoms with Gasteiger partial charge in [-0.3, -0.25) is 4.68 Å². The molecule has 0 aliphatic carbocycles. The summed E-state index contributed by atoms with van der Waals surface area (Å²) in [4.78, 5) is 0. The van der Waals surface area contributed by atoms with E-state index in [1.807, 2.05) is 36.0 Å². The average Bonchev–Trinajstić information content (AvgIpc) is 2.78. The lowest BCUT2D eigenvalue weighted by molar-refractivity contribution is 0.712. The standard InChI is InChI=1S/C16H19N3/c1-5-13-7-6-8-15(9-13)17-10-14-11-19(4)18-16(14)12(2)3/h1,6-9,11-12,17H,10H2,2-4H3. The number of aromatic nitrogens is 2. The molecular weight excluding hydrogens is 234 g/mol. The third-order valence-electron chi connectivity index (χ3n) is 3.00. The van der Waals surface area contributed by atoms with Gasteiger partial charge in [-0.25, -0.2) is 0 Å². The number of benzene rings is 1. The van der Waals surface area contributed by atoms with Crippen LogP contribution in [-0.4, -0.2) is 9.78 Å². The van der Waals surface area contributed by atoms with Gasteiger partial charge in [0.15, 0.2) is 0 Å². The van der Waals surface area contributed by atoms with E-state index in [-0.39, 0.29) is 0 Å². The highest BCUT2D eigenvalue weighted by Gasteiger charge is 2.10. The lowest BCUT2D eigenvalue weighted by atomic mass is 10.1. The molecule has 98 valence electrons. The highest BCUT2D eigenvalue weighted by Crippen LogP contribution is 2.19. The van der Waals surface area contributed by atoms with Gasteiger partial charge in [-0.1, -0.05) is 25.8 Å². The van der Waals surface area contributed by atoms with Crippen LogP contribution in [0.3, 0.4) is 0 Å². The number of terminal acetylenes is 1. The summed E-state index contributed by atoms with van der Waals surface area (Å²) in [6, 6.07) is 7.89. The van der Waals surface area contributed by atoms with Crippen molar-refractivity contribution in [2.24, 2.45) is 7.05 Å². The Morgan fingerprint density at radius 2 is 2.21 bits per heavy atom. The molecule has 0 aliphatic heterocycles. The van der Waals surface area contributed by atoms with E-state index in [1.165, 1.54) is 5.56 Å². The maximum Gasteiger partial charge on any atom is 0.0699 e. The van der Waals surface area contributed by atoms with Crippen LogP contribution in [0.15, 0.2) is 30.5 Å². The Balaban J connectivity index is 2.12. The van der Waals surface area contributed by atoms with Gasteiger partial charge in [0.1, 0.15) is 0 Å². The van der Waals surface area contributed by atoms with Crippen LogP contribution in [0.2, 0.25) is 0 Å². The van der Waals surface area contributed by atoms with Crippen LogP contribution in [-0.2, 0) is 13.6 Å². The Hall–Kier alpha value is -2.21. The summed E-state index contributed by atoms with van der Waals surface area (Å²) in [5.41, 5.74) is 4.29. The van der Waals surface area contributed by atoms with E-state index in [9.17, 15) is 0 Å². The molecule has 2 rings (SSSR count). The molecule has 0 bridgehead atoms. The first-order valence-electron chi connectivity index (χ1n) is 6.43. The van der Waals surface area contributed by atoms with E-state index < -0.39 is 0 Å². The first kappa shape index (κ1) is 13.2. The first-order chi connectivity index (χ1) is 9.10. The molecule has 0 amide bonds. The molecule has 3 nitrogen and oxygen atoms in total. The van der Waals surface area contributed by atoms with E-state index in [0.29, 0.717) is 5.92 Å². The lowest BCUT2D eigenvalue weighted by Gasteiger charge is -2.08. The summed E-state index contributed by atoms with van der Waals surface area (Å²) in [5, 5.41) is 7.90. The van der Waals surface area contributed by atoms with Gasteiger partial charge < -0.3 is 5.32 Å². The maximum absolute atomic E-state index is 5.40. The number of anilines is 1. The van der Waals surface area contributed by atoms with Crippen molar-refractivity contribution in [2.45, 2.75) is 26.3 Å². The minimum absolute atomic E-state index is 0.426. The minimum atomic E-state index is 0.426. The van der Waals surface area contributed by atoms with Crippen molar-refractivity contribution in [3.8, 4) is 12.3 Å². The predicted molar refractivity (Wildman–Crippen MR) is 79.0 cm³/mol. The largest absolute Gasteiger partial charge is 0.381 e. The summed E-state index contributed by atoms with van der Waals surface area (Å²) >= 11 is 0. The van der Waals surface area contributed by atoms with Crippen molar-refractivity contribution in [2.75, 3.05) is 5.32 Å². The molecule has 0 aliphatic rings. The van der Waals surface area contributed by atoms with Gasteiger partial charge in [-0.15, -0.1) is 6.42 Å². The zero-order valence-electron chi connectivity index (χ0n) is 11.6. The summed E-state index contributed by atoms with van der Waals surface area (Å²) in [6.45, 7) is 5.07. The van der Waals surface area contributed by atoms with E-state index in [1.54, 1.807) is 0 Å². The molecule has 1 aromatic carbocycles. The summed E-state index contributed by atoms with van der Waals surface area (Å²) in [5.74, 6) is 3.07. The van der Waals surface area contributed by atoms with Gasteiger partial charge in [0, 0.05) is 36.6 Å². The van der Waals surface area contributed by atoms with E-state index in [2.05, 4.69) is 36.4 Å². The molecule has 0 atom stereocenters. The maximum atomic E-state index is 5.40. The van der Waals surface area contributed by atoms with Crippen molar-refractivity contribution >= 4 is 5.69 Å². The van der Waals surface area contributed by atoms with Crippen LogP contribution in [0.1, 0.15) is 36.6 Å². The first-order valence-corrected chi connectivity index (χ1v) is 6.43. The Kier molecular flexibility index (Phi) is 3.91. The Morgan fingerprint density at radius 3 is 2.89 bits per heavy atom. The zero-order chi connectivity index (χ0) is 13.8. The van der Waals surface area contributed by atoms with Crippen LogP contribution in [0.4, 0.5) is 5.69 Å². The second-order valence-corrected chi connectivity index (χ2v) is 4.95. The smallest absolute Gasteiger partial charge is 0.0699 e. The number of hydrogen-bond donors (Lipinski definition) is 1. The molecule has 0 saturated heterocycles. The third-order valence-corrected chi connectivity index (χ3v) is 3.00. The van der Waals surface area contributed by atoms with Crippen molar-refractivity contribution in [3.05, 3.63) is 47.3 Å². The molecule has 3 heteroatoms. The molecule has 0 radical (unpaired) electrons. The van der Waals surface area contributed by atoms with Crippen LogP contribution < -0.4 is 5.32 Å². The second-order valence-electron chi connectivity index (χ2n) is 4.95. The Morgan fingerprint density at radius 1 is 1.42 bits per heavy atom. The quantitative estimate of drug-likeness (QED) is 0.848. The van der Waals surface area contributed by atoms with Crippen LogP contribution in [0, 0.1) is 12.3 Å². The number of rotatable bonds is 4. The summed E-state index contributed by atoms with van der Waals surface area (Å²) in [6.07, 6.45) is 7.46. The molecule has 2 aromatic rings. The topological polar surface area (TPSA) is 29.9 Å². The number of aryl methyl sites for hydroxylation is 1. The van der Waals surface area contributed by atoms with Crippen molar-refractivity contribution < 1.29 is 0 Å². The fraction of sp³-hybridized carbons (Fsp3) is 0.312. The molecule has 1 N–H and O–H groups in total. The third kappa shape index (κ3) is 3.17. The second kappa shape index (κ2) is 5.62.